The molecule has 0 N–H and O–H groups in total. The van der Waals surface area contributed by atoms with Crippen molar-refractivity contribution in [3.05, 3.63) is 188 Å². The Hall–Kier alpha value is -7.77. The second-order valence-electron chi connectivity index (χ2n) is 14.2. The van der Waals surface area contributed by atoms with Gasteiger partial charge in [0.1, 0.15) is 0 Å². The second kappa shape index (κ2) is 11.9. The summed E-state index contributed by atoms with van der Waals surface area (Å²) in [6.07, 6.45) is 4.31. The van der Waals surface area contributed by atoms with Gasteiger partial charge in [-0.15, -0.1) is 0 Å². The first-order chi connectivity index (χ1) is 27.8. The monoisotopic (exact) mass is 717 g/mol. The van der Waals surface area contributed by atoms with Gasteiger partial charge in [0.05, 0.1) is 33.1 Å². The van der Waals surface area contributed by atoms with Gasteiger partial charge in [-0.2, -0.15) is 15.0 Å². The first-order valence-electron chi connectivity index (χ1n) is 18.8. The summed E-state index contributed by atoms with van der Waals surface area (Å²) in [5, 5.41) is 6.79. The van der Waals surface area contributed by atoms with E-state index in [0.29, 0.717) is 17.7 Å². The standard InChI is InChI=1S/C49H31N7/c1-4-14-34(15-5-1)47-50-48(55-41-22-12-10-20-37(41)39-26-24-32-28-30-53(43(32)45(39)55)35-16-6-2-7-17-35)52-49(51-47)56-42-23-13-11-21-38(42)40-27-25-33-29-31-54(44(33)46(40)56)36-18-8-3-9-19-36/h1-31H. The minimum Gasteiger partial charge on any atom is -0.315 e. The minimum absolute atomic E-state index is 0.546. The molecule has 7 aromatic carbocycles. The van der Waals surface area contributed by atoms with Crippen molar-refractivity contribution in [1.82, 2.24) is 33.2 Å². The zero-order chi connectivity index (χ0) is 36.7. The van der Waals surface area contributed by atoms with Crippen LogP contribution in [-0.4, -0.2) is 33.2 Å². The Morgan fingerprint density at radius 2 is 0.750 bits per heavy atom. The predicted octanol–water partition coefficient (Wildman–Crippen LogP) is 11.6. The molecule has 0 atom stereocenters. The van der Waals surface area contributed by atoms with Crippen molar-refractivity contribution in [2.75, 3.05) is 0 Å². The Kier molecular flexibility index (Phi) is 6.50. The number of benzene rings is 7. The van der Waals surface area contributed by atoms with Crippen LogP contribution in [0.2, 0.25) is 0 Å². The number of fused-ring (bicyclic) bond motifs is 10. The van der Waals surface area contributed by atoms with Gasteiger partial charge in [0.25, 0.3) is 0 Å². The highest BCUT2D eigenvalue weighted by Crippen LogP contribution is 2.40. The van der Waals surface area contributed by atoms with Crippen LogP contribution < -0.4 is 0 Å². The molecule has 0 radical (unpaired) electrons. The molecule has 0 aliphatic rings. The van der Waals surface area contributed by atoms with E-state index in [2.05, 4.69) is 188 Å². The highest BCUT2D eigenvalue weighted by molar-refractivity contribution is 6.19. The molecule has 7 heteroatoms. The Morgan fingerprint density at radius 1 is 0.321 bits per heavy atom. The van der Waals surface area contributed by atoms with Crippen molar-refractivity contribution in [2.45, 2.75) is 0 Å². The van der Waals surface area contributed by atoms with E-state index in [-0.39, 0.29) is 0 Å². The molecular formula is C49H31N7. The third kappa shape index (κ3) is 4.42. The molecule has 0 unspecified atom stereocenters. The number of aromatic nitrogens is 7. The lowest BCUT2D eigenvalue weighted by Crippen LogP contribution is -2.11. The molecule has 0 spiro atoms. The first kappa shape index (κ1) is 30.7. The molecule has 0 saturated heterocycles. The van der Waals surface area contributed by atoms with Crippen LogP contribution in [0.3, 0.4) is 0 Å². The molecule has 0 fully saturated rings. The number of hydrogen-bond acceptors (Lipinski definition) is 3. The van der Waals surface area contributed by atoms with E-state index in [1.165, 1.54) is 0 Å². The third-order valence-corrected chi connectivity index (χ3v) is 11.1. The van der Waals surface area contributed by atoms with Crippen molar-refractivity contribution in [3.63, 3.8) is 0 Å². The highest BCUT2D eigenvalue weighted by Gasteiger charge is 2.24. The minimum atomic E-state index is 0.546. The molecular weight excluding hydrogens is 687 g/mol. The van der Waals surface area contributed by atoms with Crippen LogP contribution >= 0.6 is 0 Å². The van der Waals surface area contributed by atoms with Crippen LogP contribution in [0, 0.1) is 0 Å². The lowest BCUT2D eigenvalue weighted by atomic mass is 10.1. The van der Waals surface area contributed by atoms with E-state index in [1.807, 2.05) is 18.2 Å². The molecule has 5 heterocycles. The van der Waals surface area contributed by atoms with Gasteiger partial charge in [0.15, 0.2) is 5.82 Å². The molecule has 0 amide bonds. The zero-order valence-electron chi connectivity index (χ0n) is 30.0. The number of para-hydroxylation sites is 4. The average molecular weight is 718 g/mol. The summed E-state index contributed by atoms with van der Waals surface area (Å²) in [7, 11) is 0. The maximum absolute atomic E-state index is 5.52. The summed E-state index contributed by atoms with van der Waals surface area (Å²) in [4.78, 5) is 16.2. The Bertz CT molecular complexity index is 3250. The Balaban J connectivity index is 1.24. The van der Waals surface area contributed by atoms with Crippen LogP contribution in [0.5, 0.6) is 0 Å². The summed E-state index contributed by atoms with van der Waals surface area (Å²) in [6.45, 7) is 0. The van der Waals surface area contributed by atoms with Crippen molar-refractivity contribution in [1.29, 1.82) is 0 Å². The molecule has 5 aromatic heterocycles. The molecule has 0 aliphatic carbocycles. The SMILES string of the molecule is c1ccc(-c2nc(-n3c4ccccc4c4ccc5ccn(-c6ccccc6)c5c43)nc(-n3c4ccccc4c4ccc5ccn(-c6ccccc6)c5c43)n2)cc1. The van der Waals surface area contributed by atoms with Crippen molar-refractivity contribution in [2.24, 2.45) is 0 Å². The van der Waals surface area contributed by atoms with Crippen molar-refractivity contribution < 1.29 is 0 Å². The lowest BCUT2D eigenvalue weighted by Gasteiger charge is -2.14. The summed E-state index contributed by atoms with van der Waals surface area (Å²) in [5.74, 6) is 1.69. The largest absolute Gasteiger partial charge is 0.315 e. The van der Waals surface area contributed by atoms with Gasteiger partial charge in [0.2, 0.25) is 11.9 Å². The third-order valence-electron chi connectivity index (χ3n) is 11.1. The molecule has 12 aromatic rings. The van der Waals surface area contributed by atoms with Crippen molar-refractivity contribution >= 4 is 65.4 Å². The summed E-state index contributed by atoms with van der Waals surface area (Å²) in [6, 6.07) is 61.6. The van der Waals surface area contributed by atoms with Gasteiger partial charge in [0, 0.05) is 61.6 Å². The predicted molar refractivity (Wildman–Crippen MR) is 228 cm³/mol. The fraction of sp³-hybridized carbons (Fsp3) is 0. The Morgan fingerprint density at radius 3 is 1.23 bits per heavy atom. The molecule has 0 aliphatic heterocycles. The van der Waals surface area contributed by atoms with Crippen LogP contribution in [0.25, 0.3) is 100 Å². The van der Waals surface area contributed by atoms with Gasteiger partial charge >= 0.3 is 0 Å². The van der Waals surface area contributed by atoms with E-state index in [9.17, 15) is 0 Å². The van der Waals surface area contributed by atoms with Gasteiger partial charge < -0.3 is 9.13 Å². The summed E-state index contributed by atoms with van der Waals surface area (Å²) >= 11 is 0. The molecule has 12 rings (SSSR count). The number of nitrogens with zero attached hydrogens (tertiary/aromatic N) is 7. The van der Waals surface area contributed by atoms with E-state index in [1.54, 1.807) is 0 Å². The van der Waals surface area contributed by atoms with E-state index >= 15 is 0 Å². The van der Waals surface area contributed by atoms with Crippen LogP contribution in [0.4, 0.5) is 0 Å². The molecule has 0 saturated carbocycles. The molecule has 0 bridgehead atoms. The van der Waals surface area contributed by atoms with Gasteiger partial charge in [-0.1, -0.05) is 127 Å². The normalized spacial score (nSPS) is 11.9. The maximum Gasteiger partial charge on any atom is 0.240 e. The average Bonchev–Trinajstić information content (AvgIpc) is 4.05. The first-order valence-corrected chi connectivity index (χ1v) is 18.8. The van der Waals surface area contributed by atoms with Crippen LogP contribution in [0.15, 0.2) is 188 Å². The van der Waals surface area contributed by atoms with Gasteiger partial charge in [-0.25, -0.2) is 0 Å². The second-order valence-corrected chi connectivity index (χ2v) is 14.2. The topological polar surface area (TPSA) is 58.4 Å². The summed E-state index contributed by atoms with van der Waals surface area (Å²) < 4.78 is 9.02. The Labute approximate surface area is 320 Å². The highest BCUT2D eigenvalue weighted by atomic mass is 15.3. The fourth-order valence-electron chi connectivity index (χ4n) is 8.64. The van der Waals surface area contributed by atoms with E-state index in [0.717, 1.165) is 82.4 Å². The van der Waals surface area contributed by atoms with Crippen LogP contribution in [0.1, 0.15) is 0 Å². The van der Waals surface area contributed by atoms with Crippen LogP contribution in [-0.2, 0) is 0 Å². The fourth-order valence-corrected chi connectivity index (χ4v) is 8.64. The van der Waals surface area contributed by atoms with E-state index < -0.39 is 0 Å². The number of hydrogen-bond donors (Lipinski definition) is 0. The maximum atomic E-state index is 5.52. The molecule has 262 valence electrons. The van der Waals surface area contributed by atoms with E-state index in [4.69, 9.17) is 15.0 Å². The molecule has 56 heavy (non-hydrogen) atoms. The lowest BCUT2D eigenvalue weighted by molar-refractivity contribution is 0.893. The zero-order valence-corrected chi connectivity index (χ0v) is 30.0. The van der Waals surface area contributed by atoms with Gasteiger partial charge in [-0.3, -0.25) is 9.13 Å². The summed E-state index contributed by atoms with van der Waals surface area (Å²) in [5.41, 5.74) is 9.39. The molecule has 7 nitrogen and oxygen atoms in total. The quantitative estimate of drug-likeness (QED) is 0.178. The van der Waals surface area contributed by atoms with Gasteiger partial charge in [-0.05, 0) is 48.5 Å². The van der Waals surface area contributed by atoms with Crippen molar-refractivity contribution in [3.8, 4) is 34.7 Å². The smallest absolute Gasteiger partial charge is 0.240 e. The number of rotatable bonds is 5.